The molecule has 6 heteroatoms. The lowest BCUT2D eigenvalue weighted by atomic mass is 10.2. The highest BCUT2D eigenvalue weighted by Crippen LogP contribution is 2.53. The number of benzene rings is 2. The molecule has 3 aromatic rings. The van der Waals surface area contributed by atoms with Crippen LogP contribution in [0.3, 0.4) is 0 Å². The second-order valence-electron chi connectivity index (χ2n) is 6.30. The largest absolute Gasteiger partial charge is 0.456 e. The maximum absolute atomic E-state index is 13.6. The van der Waals surface area contributed by atoms with Crippen molar-refractivity contribution in [3.05, 3.63) is 106 Å². The Hall–Kier alpha value is -2.88. The van der Waals surface area contributed by atoms with Gasteiger partial charge in [-0.3, -0.25) is 9.76 Å². The summed E-state index contributed by atoms with van der Waals surface area (Å²) in [5.74, 6) is 4.39. The molecule has 0 radical (unpaired) electrons. The quantitative estimate of drug-likeness (QED) is 0.304. The van der Waals surface area contributed by atoms with Crippen molar-refractivity contribution in [3.63, 3.8) is 0 Å². The molecule has 0 atom stereocenters. The first-order valence-electron chi connectivity index (χ1n) is 8.82. The van der Waals surface area contributed by atoms with Gasteiger partial charge in [-0.05, 0) is 18.4 Å². The average molecular weight is 406 g/mol. The Morgan fingerprint density at radius 2 is 1.46 bits per heavy atom. The highest BCUT2D eigenvalue weighted by molar-refractivity contribution is 7.68. The third-order valence-corrected chi connectivity index (χ3v) is 6.83. The van der Waals surface area contributed by atoms with Gasteiger partial charge in [0.05, 0.1) is 5.71 Å². The third kappa shape index (κ3) is 4.16. The van der Waals surface area contributed by atoms with Crippen LogP contribution < -0.4 is 5.20 Å². The summed E-state index contributed by atoms with van der Waals surface area (Å²) in [5.41, 5.74) is 2.52. The summed E-state index contributed by atoms with van der Waals surface area (Å²) in [7, 11) is -3.09. The zero-order valence-electron chi connectivity index (χ0n) is 15.3. The van der Waals surface area contributed by atoms with E-state index in [0.29, 0.717) is 11.5 Å². The summed E-state index contributed by atoms with van der Waals surface area (Å²) in [6.45, 7) is 1.90. The first-order chi connectivity index (χ1) is 13.6. The molecule has 0 fully saturated rings. The Balaban J connectivity index is 1.72. The van der Waals surface area contributed by atoms with Gasteiger partial charge >= 0.3 is 0 Å². The summed E-state index contributed by atoms with van der Waals surface area (Å²) in [6.07, 6.45) is 0. The Bertz CT molecular complexity index is 1030. The summed E-state index contributed by atoms with van der Waals surface area (Å²) in [4.78, 5) is 1.03. The maximum atomic E-state index is 13.6. The van der Waals surface area contributed by atoms with E-state index in [1.165, 1.54) is 0 Å². The van der Waals surface area contributed by atoms with Crippen molar-refractivity contribution in [2.24, 2.45) is 5.10 Å². The van der Waals surface area contributed by atoms with E-state index in [9.17, 15) is 4.57 Å². The molecule has 2 heterocycles. The van der Waals surface area contributed by atoms with Crippen LogP contribution in [-0.2, 0) is 9.30 Å². The highest BCUT2D eigenvalue weighted by Gasteiger charge is 2.26. The summed E-state index contributed by atoms with van der Waals surface area (Å²) in [5, 5.41) is 9.28. The van der Waals surface area contributed by atoms with Crippen LogP contribution in [0.2, 0.25) is 0 Å². The molecule has 4 nitrogen and oxygen atoms in total. The van der Waals surface area contributed by atoms with Gasteiger partial charge < -0.3 is 4.74 Å². The van der Waals surface area contributed by atoms with Gasteiger partial charge in [-0.25, -0.2) is 0 Å². The minimum absolute atomic E-state index is 0.557. The molecule has 2 aromatic carbocycles. The fraction of sp³-hybridized carbons (Fsp3) is 0.0455. The van der Waals surface area contributed by atoms with Crippen molar-refractivity contribution in [1.82, 2.24) is 5.20 Å². The molecule has 0 saturated carbocycles. The monoisotopic (exact) mass is 406 g/mol. The number of ether oxygens (including phenoxy) is 1. The van der Waals surface area contributed by atoms with Crippen LogP contribution in [0.4, 0.5) is 0 Å². The highest BCUT2D eigenvalue weighted by atomic mass is 32.1. The average Bonchev–Trinajstić information content (AvgIpc) is 3.28. The number of nitrogens with one attached hydrogen (secondary N) is 1. The SMILES string of the molecule is C/C(=N\NP1(=O)C=C(c2ccccc2)OC(c2ccccc2)=C1)c1cccs1. The normalized spacial score (nSPS) is 16.0. The fourth-order valence-electron chi connectivity index (χ4n) is 2.78. The first kappa shape index (κ1) is 18.5. The molecule has 0 saturated heterocycles. The van der Waals surface area contributed by atoms with Crippen LogP contribution in [0.5, 0.6) is 0 Å². The van der Waals surface area contributed by atoms with Crippen LogP contribution >= 0.6 is 18.6 Å². The molecule has 1 aromatic heterocycles. The molecule has 140 valence electrons. The smallest absolute Gasteiger partial charge is 0.235 e. The van der Waals surface area contributed by atoms with Crippen molar-refractivity contribution in [1.29, 1.82) is 0 Å². The van der Waals surface area contributed by atoms with Gasteiger partial charge in [-0.1, -0.05) is 66.7 Å². The lowest BCUT2D eigenvalue weighted by molar-refractivity contribution is 0.468. The van der Waals surface area contributed by atoms with Crippen molar-refractivity contribution >= 4 is 35.9 Å². The lowest BCUT2D eigenvalue weighted by Crippen LogP contribution is -2.08. The van der Waals surface area contributed by atoms with Gasteiger partial charge in [-0.2, -0.15) is 5.10 Å². The number of hydrazone groups is 1. The molecule has 0 spiro atoms. The second-order valence-corrected chi connectivity index (χ2v) is 9.39. The predicted molar refractivity (Wildman–Crippen MR) is 117 cm³/mol. The van der Waals surface area contributed by atoms with E-state index >= 15 is 0 Å². The number of nitrogens with zero attached hydrogens (tertiary/aromatic N) is 1. The Morgan fingerprint density at radius 1 is 0.893 bits per heavy atom. The standard InChI is InChI=1S/C22H19N2O2PS/c1-17(22-13-8-14-28-22)23-24-27(25)15-20(18-9-4-2-5-10-18)26-21(16-27)19-11-6-3-7-12-19/h2-16H,1H3,(H,24,25)/b23-17+. The maximum Gasteiger partial charge on any atom is 0.235 e. The second kappa shape index (κ2) is 8.01. The molecule has 4 rings (SSSR count). The summed E-state index contributed by atoms with van der Waals surface area (Å²) in [6, 6.07) is 23.3. The zero-order chi connectivity index (χ0) is 19.4. The number of hydrogen-bond acceptors (Lipinski definition) is 4. The minimum Gasteiger partial charge on any atom is -0.456 e. The predicted octanol–water partition coefficient (Wildman–Crippen LogP) is 6.37. The Labute approximate surface area is 168 Å². The summed E-state index contributed by atoms with van der Waals surface area (Å²) < 4.78 is 19.7. The molecule has 0 unspecified atom stereocenters. The van der Waals surface area contributed by atoms with E-state index in [0.717, 1.165) is 21.7 Å². The molecule has 1 aliphatic heterocycles. The van der Waals surface area contributed by atoms with Gasteiger partial charge in [0.25, 0.3) is 0 Å². The fourth-order valence-corrected chi connectivity index (χ4v) is 5.05. The van der Waals surface area contributed by atoms with E-state index in [2.05, 4.69) is 10.3 Å². The van der Waals surface area contributed by atoms with Gasteiger partial charge in [-0.15, -0.1) is 11.3 Å². The van der Waals surface area contributed by atoms with E-state index in [4.69, 9.17) is 4.74 Å². The molecule has 0 amide bonds. The van der Waals surface area contributed by atoms with Crippen LogP contribution in [0.1, 0.15) is 22.9 Å². The van der Waals surface area contributed by atoms with E-state index in [-0.39, 0.29) is 0 Å². The van der Waals surface area contributed by atoms with E-state index < -0.39 is 7.29 Å². The molecule has 28 heavy (non-hydrogen) atoms. The van der Waals surface area contributed by atoms with Crippen molar-refractivity contribution in [2.45, 2.75) is 6.92 Å². The van der Waals surface area contributed by atoms with E-state index in [1.54, 1.807) is 23.0 Å². The van der Waals surface area contributed by atoms with Crippen LogP contribution in [0.15, 0.2) is 94.9 Å². The van der Waals surface area contributed by atoms with Crippen LogP contribution in [0, 0.1) is 0 Å². The molecule has 1 N–H and O–H groups in total. The molecule has 0 aliphatic carbocycles. The van der Waals surface area contributed by atoms with Gasteiger partial charge in [0.15, 0.2) is 0 Å². The molecule has 0 bridgehead atoms. The van der Waals surface area contributed by atoms with Crippen LogP contribution in [-0.4, -0.2) is 5.71 Å². The van der Waals surface area contributed by atoms with E-state index in [1.807, 2.05) is 85.1 Å². The third-order valence-electron chi connectivity index (χ3n) is 4.21. The van der Waals surface area contributed by atoms with Gasteiger partial charge in [0, 0.05) is 27.6 Å². The number of rotatable bonds is 5. The lowest BCUT2D eigenvalue weighted by Gasteiger charge is -2.22. The number of thiophene rings is 1. The van der Waals surface area contributed by atoms with Crippen molar-refractivity contribution in [3.8, 4) is 0 Å². The molecular formula is C22H19N2O2PS. The molecular weight excluding hydrogens is 387 g/mol. The molecule has 1 aliphatic rings. The minimum atomic E-state index is -3.09. The number of hydrogen-bond donors (Lipinski definition) is 1. The summed E-state index contributed by atoms with van der Waals surface area (Å²) >= 11 is 1.60. The van der Waals surface area contributed by atoms with Crippen molar-refractivity contribution in [2.75, 3.05) is 0 Å². The Kier molecular flexibility index (Phi) is 5.29. The topological polar surface area (TPSA) is 50.7 Å². The van der Waals surface area contributed by atoms with Crippen LogP contribution in [0.25, 0.3) is 11.5 Å². The van der Waals surface area contributed by atoms with Gasteiger partial charge in [0.2, 0.25) is 7.29 Å². The van der Waals surface area contributed by atoms with Gasteiger partial charge in [0.1, 0.15) is 11.5 Å². The Morgan fingerprint density at radius 3 is 1.96 bits per heavy atom. The zero-order valence-corrected chi connectivity index (χ0v) is 17.0. The first-order valence-corrected chi connectivity index (χ1v) is 11.5. The van der Waals surface area contributed by atoms with Crippen molar-refractivity contribution < 1.29 is 9.30 Å².